The van der Waals surface area contributed by atoms with Gasteiger partial charge in [0, 0.05) is 24.7 Å². The van der Waals surface area contributed by atoms with Crippen LogP contribution >= 0.6 is 0 Å². The number of rotatable bonds is 15. The number of hydrogen-bond acceptors (Lipinski definition) is 8. The van der Waals surface area contributed by atoms with E-state index < -0.39 is 36.0 Å². The lowest BCUT2D eigenvalue weighted by Gasteiger charge is -2.26. The second kappa shape index (κ2) is 16.7. The van der Waals surface area contributed by atoms with Crippen LogP contribution in [0.2, 0.25) is 0 Å². The highest BCUT2D eigenvalue weighted by atomic mass is 16.5. The molecule has 2 aromatic rings. The predicted octanol–water partition coefficient (Wildman–Crippen LogP) is 2.37. The molecule has 4 amide bonds. The van der Waals surface area contributed by atoms with E-state index >= 15 is 0 Å². The van der Waals surface area contributed by atoms with E-state index in [0.717, 1.165) is 0 Å². The second-order valence-electron chi connectivity index (χ2n) is 10.1. The van der Waals surface area contributed by atoms with Crippen molar-refractivity contribution in [1.82, 2.24) is 21.3 Å². The molecule has 0 saturated heterocycles. The molecule has 0 aliphatic heterocycles. The summed E-state index contributed by atoms with van der Waals surface area (Å²) in [6, 6.07) is 9.69. The first-order valence-corrected chi connectivity index (χ1v) is 13.6. The second-order valence-corrected chi connectivity index (χ2v) is 10.1. The summed E-state index contributed by atoms with van der Waals surface area (Å²) in [4.78, 5) is 38.7. The number of nitriles is 1. The Hall–Kier alpha value is -4.50. The number of urea groups is 1. The SMILES string of the molecule is CCC(NC(=O)[C@H](CC(C)C)NC(=O)NCc1ccc(C#N)cc1OC)C(O)C(=O)NCc1cc(OC)cc(OC)c1. The molecule has 12 heteroatoms. The van der Waals surface area contributed by atoms with Crippen molar-refractivity contribution in [1.29, 1.82) is 5.26 Å². The van der Waals surface area contributed by atoms with Crippen LogP contribution in [0.5, 0.6) is 17.2 Å². The average Bonchev–Trinajstić information content (AvgIpc) is 2.99. The Morgan fingerprint density at radius 3 is 2.12 bits per heavy atom. The molecule has 0 fully saturated rings. The van der Waals surface area contributed by atoms with Crippen molar-refractivity contribution in [2.24, 2.45) is 5.92 Å². The number of aliphatic hydroxyl groups is 1. The van der Waals surface area contributed by atoms with E-state index in [2.05, 4.69) is 21.3 Å². The quantitative estimate of drug-likeness (QED) is 0.213. The average molecular weight is 584 g/mol. The normalized spacial score (nSPS) is 12.7. The topological polar surface area (TPSA) is 171 Å². The molecule has 3 atom stereocenters. The fourth-order valence-electron chi connectivity index (χ4n) is 4.18. The van der Waals surface area contributed by atoms with Crippen molar-refractivity contribution in [2.75, 3.05) is 21.3 Å². The third kappa shape index (κ3) is 10.2. The van der Waals surface area contributed by atoms with Gasteiger partial charge in [-0.2, -0.15) is 5.26 Å². The van der Waals surface area contributed by atoms with Crippen LogP contribution in [0.4, 0.5) is 4.79 Å². The van der Waals surface area contributed by atoms with E-state index in [1.807, 2.05) is 19.9 Å². The van der Waals surface area contributed by atoms with Gasteiger partial charge in [-0.3, -0.25) is 9.59 Å². The Morgan fingerprint density at radius 2 is 1.57 bits per heavy atom. The maximum Gasteiger partial charge on any atom is 0.315 e. The Kier molecular flexibility index (Phi) is 13.4. The smallest absolute Gasteiger partial charge is 0.315 e. The first kappa shape index (κ1) is 33.7. The molecular weight excluding hydrogens is 542 g/mol. The number of ether oxygens (including phenoxy) is 3. The predicted molar refractivity (Wildman–Crippen MR) is 156 cm³/mol. The lowest BCUT2D eigenvalue weighted by atomic mass is 10.0. The number of amides is 4. The molecule has 0 spiro atoms. The maximum atomic E-state index is 13.2. The van der Waals surface area contributed by atoms with E-state index in [1.165, 1.54) is 21.3 Å². The molecule has 42 heavy (non-hydrogen) atoms. The van der Waals surface area contributed by atoms with Gasteiger partial charge in [0.15, 0.2) is 6.10 Å². The van der Waals surface area contributed by atoms with Gasteiger partial charge in [-0.05, 0) is 48.6 Å². The number of nitrogens with zero attached hydrogens (tertiary/aromatic N) is 1. The fraction of sp³-hybridized carbons (Fsp3) is 0.467. The molecule has 0 aromatic heterocycles. The number of hydrogen-bond donors (Lipinski definition) is 5. The molecule has 228 valence electrons. The summed E-state index contributed by atoms with van der Waals surface area (Å²) < 4.78 is 15.8. The zero-order valence-corrected chi connectivity index (χ0v) is 24.9. The monoisotopic (exact) mass is 583 g/mol. The van der Waals surface area contributed by atoms with Crippen LogP contribution in [0, 0.1) is 17.2 Å². The van der Waals surface area contributed by atoms with Gasteiger partial charge in [-0.25, -0.2) is 4.79 Å². The van der Waals surface area contributed by atoms with Gasteiger partial charge < -0.3 is 40.6 Å². The van der Waals surface area contributed by atoms with Gasteiger partial charge in [0.25, 0.3) is 5.91 Å². The van der Waals surface area contributed by atoms with Crippen LogP contribution in [0.3, 0.4) is 0 Å². The Morgan fingerprint density at radius 1 is 0.905 bits per heavy atom. The zero-order valence-electron chi connectivity index (χ0n) is 24.9. The van der Waals surface area contributed by atoms with Gasteiger partial charge in [0.1, 0.15) is 23.3 Å². The molecular formula is C30H41N5O7. The van der Waals surface area contributed by atoms with Gasteiger partial charge in [-0.15, -0.1) is 0 Å². The van der Waals surface area contributed by atoms with E-state index in [-0.39, 0.29) is 25.4 Å². The Balaban J connectivity index is 2.01. The summed E-state index contributed by atoms with van der Waals surface area (Å²) in [7, 11) is 4.51. The van der Waals surface area contributed by atoms with Crippen LogP contribution in [-0.4, -0.2) is 62.5 Å². The standard InChI is InChI=1S/C30H41N5O7/c1-7-24(27(36)29(38)32-16-20-11-22(40-4)14-23(12-20)41-5)34-28(37)25(10-18(2)3)35-30(39)33-17-21-9-8-19(15-31)13-26(21)42-6/h8-9,11-14,18,24-25,27,36H,7,10,16-17H2,1-6H3,(H,32,38)(H,34,37)(H2,33,35,39)/t24?,25-,27?/m0/s1. The lowest BCUT2D eigenvalue weighted by molar-refractivity contribution is -0.132. The molecule has 2 unspecified atom stereocenters. The summed E-state index contributed by atoms with van der Waals surface area (Å²) >= 11 is 0. The van der Waals surface area contributed by atoms with Crippen molar-refractivity contribution in [3.63, 3.8) is 0 Å². The Bertz CT molecular complexity index is 1240. The van der Waals surface area contributed by atoms with Gasteiger partial charge >= 0.3 is 6.03 Å². The van der Waals surface area contributed by atoms with Crippen LogP contribution in [0.15, 0.2) is 36.4 Å². The van der Waals surface area contributed by atoms with Crippen LogP contribution < -0.4 is 35.5 Å². The zero-order chi connectivity index (χ0) is 31.2. The molecule has 12 nitrogen and oxygen atoms in total. The minimum atomic E-state index is -1.52. The summed E-state index contributed by atoms with van der Waals surface area (Å²) in [6.07, 6.45) is -0.925. The Labute approximate surface area is 246 Å². The summed E-state index contributed by atoms with van der Waals surface area (Å²) in [5.41, 5.74) is 1.79. The molecule has 0 radical (unpaired) electrons. The largest absolute Gasteiger partial charge is 0.497 e. The minimum absolute atomic E-state index is 0.0628. The van der Waals surface area contributed by atoms with Crippen LogP contribution in [0.25, 0.3) is 0 Å². The maximum absolute atomic E-state index is 13.2. The van der Waals surface area contributed by atoms with Gasteiger partial charge in [0.2, 0.25) is 5.91 Å². The molecule has 0 bridgehead atoms. The highest BCUT2D eigenvalue weighted by molar-refractivity contribution is 5.88. The number of nitrogens with one attached hydrogen (secondary N) is 4. The number of aliphatic hydroxyl groups excluding tert-OH is 1. The van der Waals surface area contributed by atoms with E-state index in [0.29, 0.717) is 40.4 Å². The first-order chi connectivity index (χ1) is 20.0. The number of methoxy groups -OCH3 is 3. The van der Waals surface area contributed by atoms with Crippen molar-refractivity contribution >= 4 is 17.8 Å². The van der Waals surface area contributed by atoms with Crippen LogP contribution in [0.1, 0.15) is 50.3 Å². The first-order valence-electron chi connectivity index (χ1n) is 13.6. The van der Waals surface area contributed by atoms with Crippen molar-refractivity contribution in [2.45, 2.75) is 64.9 Å². The number of benzene rings is 2. The molecule has 0 aliphatic rings. The van der Waals surface area contributed by atoms with Crippen molar-refractivity contribution in [3.8, 4) is 23.3 Å². The van der Waals surface area contributed by atoms with Crippen molar-refractivity contribution < 1.29 is 33.7 Å². The highest BCUT2D eigenvalue weighted by Crippen LogP contribution is 2.22. The molecule has 0 saturated carbocycles. The molecule has 2 rings (SSSR count). The molecule has 0 heterocycles. The summed E-state index contributed by atoms with van der Waals surface area (Å²) in [6.45, 7) is 5.77. The minimum Gasteiger partial charge on any atom is -0.497 e. The van der Waals surface area contributed by atoms with Crippen molar-refractivity contribution in [3.05, 3.63) is 53.1 Å². The fourth-order valence-corrected chi connectivity index (χ4v) is 4.18. The molecule has 0 aliphatic carbocycles. The number of carbonyl (C=O) groups excluding carboxylic acids is 3. The van der Waals surface area contributed by atoms with Crippen LogP contribution in [-0.2, 0) is 22.7 Å². The van der Waals surface area contributed by atoms with Gasteiger partial charge in [-0.1, -0.05) is 26.8 Å². The number of carbonyl (C=O) groups is 3. The lowest BCUT2D eigenvalue weighted by Crippen LogP contribution is -2.56. The highest BCUT2D eigenvalue weighted by Gasteiger charge is 2.30. The third-order valence-electron chi connectivity index (χ3n) is 6.48. The molecule has 2 aromatic carbocycles. The summed E-state index contributed by atoms with van der Waals surface area (Å²) in [5, 5.41) is 30.6. The van der Waals surface area contributed by atoms with Gasteiger partial charge in [0.05, 0.1) is 39.0 Å². The van der Waals surface area contributed by atoms with E-state index in [4.69, 9.17) is 19.5 Å². The van der Waals surface area contributed by atoms with E-state index in [1.54, 1.807) is 43.3 Å². The summed E-state index contributed by atoms with van der Waals surface area (Å²) in [5.74, 6) is 0.447. The van der Waals surface area contributed by atoms with E-state index in [9.17, 15) is 19.5 Å². The molecule has 5 N–H and O–H groups in total. The third-order valence-corrected chi connectivity index (χ3v) is 6.48.